The molecule has 19 nitrogen and oxygen atoms in total. The predicted molar refractivity (Wildman–Crippen MR) is 315 cm³/mol. The molecule has 11 rings (SSSR count). The van der Waals surface area contributed by atoms with E-state index in [0.717, 1.165) is 91.9 Å². The number of carbonyl (C=O) groups excluding carboxylic acids is 1. The van der Waals surface area contributed by atoms with Crippen molar-refractivity contribution in [1.82, 2.24) is 29.5 Å². The summed E-state index contributed by atoms with van der Waals surface area (Å²) in [6.07, 6.45) is 8.71. The van der Waals surface area contributed by atoms with E-state index in [9.17, 15) is 28.4 Å². The minimum atomic E-state index is -4.76. The number of aromatic amines is 1. The van der Waals surface area contributed by atoms with Crippen LogP contribution in [0.1, 0.15) is 131 Å². The van der Waals surface area contributed by atoms with Crippen LogP contribution in [0.4, 0.5) is 21.6 Å². The maximum Gasteiger partial charge on any atom is 0.312 e. The van der Waals surface area contributed by atoms with E-state index in [4.69, 9.17) is 18.6 Å². The number of rotatable bonds is 18. The number of anilines is 2. The van der Waals surface area contributed by atoms with Gasteiger partial charge in [-0.2, -0.15) is 4.98 Å². The minimum absolute atomic E-state index is 0.0120. The molecule has 21 heteroatoms. The Hall–Kier alpha value is -7.33. The van der Waals surface area contributed by atoms with E-state index in [1.165, 1.54) is 28.8 Å². The number of fused-ring (bicyclic) bond motifs is 2. The molecule has 4 aliphatic rings. The van der Waals surface area contributed by atoms with Crippen molar-refractivity contribution in [2.45, 2.75) is 134 Å². The number of benzene rings is 3. The molecule has 4 aromatic heterocycles. The average Bonchev–Trinajstić information content (AvgIpc) is 2.77. The number of nitrogens with zero attached hydrogens (tertiary/aromatic N) is 6. The van der Waals surface area contributed by atoms with Gasteiger partial charge in [0.2, 0.25) is 5.82 Å². The van der Waals surface area contributed by atoms with Gasteiger partial charge in [0, 0.05) is 92.9 Å². The fourth-order valence-electron chi connectivity index (χ4n) is 13.1. The Morgan fingerprint density at radius 2 is 1.76 bits per heavy atom. The molecule has 2 saturated heterocycles. The van der Waals surface area contributed by atoms with Crippen molar-refractivity contribution in [3.8, 4) is 23.1 Å². The van der Waals surface area contributed by atoms with Crippen molar-refractivity contribution in [1.29, 1.82) is 0 Å². The van der Waals surface area contributed by atoms with Gasteiger partial charge in [-0.25, -0.2) is 22.5 Å². The van der Waals surface area contributed by atoms with Gasteiger partial charge in [-0.1, -0.05) is 44.2 Å². The Bertz CT molecular complexity index is 3670. The second kappa shape index (κ2) is 23.0. The molecular weight excluding hydrogens is 1080 g/mol. The molecule has 440 valence electrons. The molecule has 2 aliphatic heterocycles. The lowest BCUT2D eigenvalue weighted by molar-refractivity contribution is -0.384. The zero-order chi connectivity index (χ0) is 58.5. The number of hydrogen-bond donors (Lipinski definition) is 4. The van der Waals surface area contributed by atoms with Crippen molar-refractivity contribution < 1.29 is 46.3 Å². The molecule has 2 aliphatic carbocycles. The molecule has 3 aromatic carbocycles. The molecule has 0 unspecified atom stereocenters. The Labute approximate surface area is 483 Å². The van der Waals surface area contributed by atoms with Crippen molar-refractivity contribution in [2.75, 3.05) is 56.7 Å². The maximum atomic E-state index is 15.1. The van der Waals surface area contributed by atoms with Gasteiger partial charge in [-0.3, -0.25) is 24.7 Å². The summed E-state index contributed by atoms with van der Waals surface area (Å²) in [6, 6.07) is 23.3. The highest BCUT2D eigenvalue weighted by Crippen LogP contribution is 2.54. The number of methoxy groups -OCH3 is 1. The third-order valence-corrected chi connectivity index (χ3v) is 19.2. The van der Waals surface area contributed by atoms with E-state index in [-0.39, 0.29) is 69.8 Å². The van der Waals surface area contributed by atoms with Crippen LogP contribution in [0.15, 0.2) is 94.5 Å². The first-order chi connectivity index (χ1) is 39.7. The molecule has 83 heavy (non-hydrogen) atoms. The number of sulfonamides is 1. The number of amides is 1. The molecule has 2 atom stereocenters. The molecule has 7 aromatic rings. The lowest BCUT2D eigenvalue weighted by Gasteiger charge is -2.59. The standard InChI is InChI=1S/C62H74FN9O10S/c1-8-80-60-55(28-49-50(63)33-66-57(49)67-60)82-54-26-42(14-15-47(54)59(73)68-83(77,78)44-27-51(72(75)76)58(65-32-44)64-31-40-17-19-61(6,74)20-18-40)69-23-21-62(22-24-69)29-43(30-62)71-34-38(4)70(36-52(71)46-12-10-9-11-45(46)37(2)3)35-41-13-16-53(79-7)56-48(41)25-39(5)81-56/h9-16,25-28,32-33,37-38,40,43,52,74H,8,17-24,29-31,34-36H2,1-7H3,(H,64,65)(H,66,67)(H,68,73)/t38-,40?,52+,61?/m1/s1. The van der Waals surface area contributed by atoms with Crippen LogP contribution in [-0.2, 0) is 16.6 Å². The number of aliphatic hydroxyl groups is 1. The van der Waals surface area contributed by atoms with E-state index in [1.54, 1.807) is 33.1 Å². The quantitative estimate of drug-likeness (QED) is 0.0462. The predicted octanol–water partition coefficient (Wildman–Crippen LogP) is 11.6. The number of piperazine rings is 1. The molecule has 4 fully saturated rings. The van der Waals surface area contributed by atoms with E-state index in [2.05, 4.69) is 96.9 Å². The number of halogens is 1. The normalized spacial score (nSPS) is 21.6. The van der Waals surface area contributed by atoms with Crippen LogP contribution in [0.3, 0.4) is 0 Å². The van der Waals surface area contributed by atoms with E-state index in [0.29, 0.717) is 57.3 Å². The van der Waals surface area contributed by atoms with Gasteiger partial charge in [0.1, 0.15) is 27.9 Å². The average molecular weight is 1160 g/mol. The molecule has 1 amide bonds. The lowest BCUT2D eigenvalue weighted by atomic mass is 9.59. The largest absolute Gasteiger partial charge is 0.493 e. The van der Waals surface area contributed by atoms with Crippen LogP contribution in [0.25, 0.3) is 22.0 Å². The number of aryl methyl sites for hydroxylation is 1. The van der Waals surface area contributed by atoms with E-state index >= 15 is 4.39 Å². The number of pyridine rings is 2. The number of furan rings is 1. The SMILES string of the molecule is CCOc1nc2[nH]cc(F)c2cc1Oc1cc(N2CCC3(CC2)CC(N2C[C@@H](C)N(Cc4ccc(OC)c5oc(C)cc45)C[C@H]2c2ccccc2C(C)C)C3)ccc1C(=O)NS(=O)(=O)c1cnc(NCC2CCC(C)(O)CC2)c([N+](=O)[O-])c1. The highest BCUT2D eigenvalue weighted by atomic mass is 32.2. The third-order valence-electron chi connectivity index (χ3n) is 17.9. The molecular formula is C62H74FN9O10S. The number of carbonyl (C=O) groups is 1. The van der Waals surface area contributed by atoms with Gasteiger partial charge in [0.15, 0.2) is 17.1 Å². The zero-order valence-corrected chi connectivity index (χ0v) is 49.0. The Morgan fingerprint density at radius 3 is 2.48 bits per heavy atom. The number of H-pyrrole nitrogens is 1. The van der Waals surface area contributed by atoms with Gasteiger partial charge in [0.25, 0.3) is 21.8 Å². The summed E-state index contributed by atoms with van der Waals surface area (Å²) >= 11 is 0. The Morgan fingerprint density at radius 1 is 1.00 bits per heavy atom. The van der Waals surface area contributed by atoms with Gasteiger partial charge in [-0.15, -0.1) is 0 Å². The van der Waals surface area contributed by atoms with Crippen molar-refractivity contribution in [3.63, 3.8) is 0 Å². The first-order valence-corrected chi connectivity index (χ1v) is 30.4. The Kier molecular flexibility index (Phi) is 15.9. The summed E-state index contributed by atoms with van der Waals surface area (Å²) in [5.41, 5.74) is 4.31. The Balaban J connectivity index is 0.818. The maximum absolute atomic E-state index is 15.1. The summed E-state index contributed by atoms with van der Waals surface area (Å²) < 4.78 is 69.2. The highest BCUT2D eigenvalue weighted by Gasteiger charge is 2.51. The zero-order valence-electron chi connectivity index (χ0n) is 48.2. The van der Waals surface area contributed by atoms with Crippen molar-refractivity contribution in [3.05, 3.63) is 129 Å². The molecule has 2 saturated carbocycles. The van der Waals surface area contributed by atoms with Crippen LogP contribution < -0.4 is 29.1 Å². The van der Waals surface area contributed by atoms with Gasteiger partial charge < -0.3 is 38.9 Å². The number of piperidine rings is 1. The van der Waals surface area contributed by atoms with Crippen LogP contribution >= 0.6 is 0 Å². The first kappa shape index (κ1) is 57.5. The minimum Gasteiger partial charge on any atom is -0.493 e. The van der Waals surface area contributed by atoms with Crippen LogP contribution in [0, 0.1) is 34.2 Å². The number of nitrogens with one attached hydrogen (secondary N) is 3. The van der Waals surface area contributed by atoms with Crippen LogP contribution in [0.2, 0.25) is 0 Å². The topological polar surface area (TPSA) is 231 Å². The summed E-state index contributed by atoms with van der Waals surface area (Å²) in [5.74, 6) is 0.231. The van der Waals surface area contributed by atoms with Gasteiger partial charge in [-0.05, 0) is 137 Å². The number of ether oxygens (including phenoxy) is 3. The van der Waals surface area contributed by atoms with Crippen LogP contribution in [0.5, 0.6) is 23.1 Å². The molecule has 6 heterocycles. The van der Waals surface area contributed by atoms with Gasteiger partial charge in [0.05, 0.1) is 41.4 Å². The van der Waals surface area contributed by atoms with Crippen molar-refractivity contribution >= 4 is 55.1 Å². The summed E-state index contributed by atoms with van der Waals surface area (Å²) in [7, 11) is -3.08. The molecule has 1 spiro atoms. The van der Waals surface area contributed by atoms with E-state index in [1.807, 2.05) is 13.0 Å². The molecule has 4 N–H and O–H groups in total. The number of hydrogen-bond acceptors (Lipinski definition) is 16. The summed E-state index contributed by atoms with van der Waals surface area (Å²) in [5, 5.41) is 26.9. The number of aromatic nitrogens is 3. The monoisotopic (exact) mass is 1160 g/mol. The van der Waals surface area contributed by atoms with Crippen LogP contribution in [-0.4, -0.2) is 113 Å². The van der Waals surface area contributed by atoms with Gasteiger partial charge >= 0.3 is 5.69 Å². The summed E-state index contributed by atoms with van der Waals surface area (Å²) in [6.45, 7) is 16.9. The molecule has 0 bridgehead atoms. The summed E-state index contributed by atoms with van der Waals surface area (Å²) in [4.78, 5) is 44.3. The third kappa shape index (κ3) is 11.8. The second-order valence-electron chi connectivity index (χ2n) is 23.9. The lowest BCUT2D eigenvalue weighted by Crippen LogP contribution is -2.61. The second-order valence-corrected chi connectivity index (χ2v) is 25.6. The highest BCUT2D eigenvalue weighted by molar-refractivity contribution is 7.90. The fourth-order valence-corrected chi connectivity index (χ4v) is 14.1. The molecule has 0 radical (unpaired) electrons. The van der Waals surface area contributed by atoms with E-state index < -0.39 is 42.9 Å². The van der Waals surface area contributed by atoms with Crippen molar-refractivity contribution in [2.24, 2.45) is 11.3 Å². The number of nitro groups is 1. The first-order valence-electron chi connectivity index (χ1n) is 28.9. The smallest absolute Gasteiger partial charge is 0.312 e. The fraction of sp³-hybridized carbons (Fsp3) is 0.468.